The molecule has 314 valence electrons. The summed E-state index contributed by atoms with van der Waals surface area (Å²) in [6.45, 7) is 23.1. The van der Waals surface area contributed by atoms with Gasteiger partial charge in [0.05, 0.1) is 23.7 Å². The van der Waals surface area contributed by atoms with Crippen molar-refractivity contribution in [2.75, 3.05) is 0 Å². The monoisotopic (exact) mass is 781 g/mol. The quantitative estimate of drug-likeness (QED) is 0.215. The van der Waals surface area contributed by atoms with Crippen molar-refractivity contribution in [3.05, 3.63) is 0 Å². The van der Waals surface area contributed by atoms with Crippen molar-refractivity contribution in [2.45, 2.75) is 178 Å². The number of halogens is 12. The van der Waals surface area contributed by atoms with E-state index in [1.54, 1.807) is 20.8 Å². The van der Waals surface area contributed by atoms with Gasteiger partial charge in [-0.25, -0.2) is 0 Å². The van der Waals surface area contributed by atoms with Gasteiger partial charge in [-0.3, -0.25) is 0 Å². The van der Waals surface area contributed by atoms with Crippen molar-refractivity contribution >= 4 is 0 Å². The Hall–Kier alpha value is -0.840. The molecule has 0 aromatic heterocycles. The highest BCUT2D eigenvalue weighted by atomic mass is 19.4. The van der Waals surface area contributed by atoms with Gasteiger partial charge < -0.3 is 0 Å². The molecule has 0 aromatic carbocycles. The molecular weight excluding hydrogens is 708 g/mol. The van der Waals surface area contributed by atoms with Crippen LogP contribution in [0.3, 0.4) is 0 Å². The summed E-state index contributed by atoms with van der Waals surface area (Å²) in [7, 11) is 0. The maximum absolute atomic E-state index is 12.4. The van der Waals surface area contributed by atoms with Crippen LogP contribution in [0.25, 0.3) is 0 Å². The van der Waals surface area contributed by atoms with Gasteiger partial charge in [0.25, 0.3) is 0 Å². The summed E-state index contributed by atoms with van der Waals surface area (Å²) < 4.78 is 162. The average molecular weight is 781 g/mol. The van der Waals surface area contributed by atoms with Crippen LogP contribution >= 0.6 is 0 Å². The van der Waals surface area contributed by atoms with Gasteiger partial charge in [0.15, 0.2) is 0 Å². The second kappa shape index (κ2) is 20.9. The lowest BCUT2D eigenvalue weighted by Crippen LogP contribution is -2.37. The molecule has 0 heterocycles. The van der Waals surface area contributed by atoms with Crippen LogP contribution in [0.2, 0.25) is 0 Å². The van der Waals surface area contributed by atoms with E-state index in [9.17, 15) is 52.7 Å². The molecule has 52 heavy (non-hydrogen) atoms. The van der Waals surface area contributed by atoms with Gasteiger partial charge in [0, 0.05) is 2.74 Å². The summed E-state index contributed by atoms with van der Waals surface area (Å²) >= 11 is 0. The fraction of sp³-hybridized carbons (Fsp3) is 1.00. The summed E-state index contributed by atoms with van der Waals surface area (Å²) in [6, 6.07) is 0. The van der Waals surface area contributed by atoms with E-state index in [2.05, 4.69) is 20.8 Å². The third kappa shape index (κ3) is 19.2. The van der Waals surface area contributed by atoms with Crippen molar-refractivity contribution in [3.8, 4) is 0 Å². The topological polar surface area (TPSA) is 0 Å². The van der Waals surface area contributed by atoms with E-state index in [0.717, 1.165) is 37.0 Å². The van der Waals surface area contributed by atoms with Crippen LogP contribution in [0.15, 0.2) is 0 Å². The first-order valence-electron chi connectivity index (χ1n) is 20.2. The Morgan fingerprint density at radius 2 is 0.808 bits per heavy atom. The van der Waals surface area contributed by atoms with E-state index in [1.807, 2.05) is 34.6 Å². The van der Waals surface area contributed by atoms with E-state index in [0.29, 0.717) is 12.8 Å². The summed E-state index contributed by atoms with van der Waals surface area (Å²) in [5.74, 6) is -3.15. The fourth-order valence-electron chi connectivity index (χ4n) is 7.81. The van der Waals surface area contributed by atoms with Gasteiger partial charge in [0.1, 0.15) is 0 Å². The van der Waals surface area contributed by atoms with Crippen molar-refractivity contribution in [1.82, 2.24) is 0 Å². The number of hydrogen-bond acceptors (Lipinski definition) is 0. The Kier molecular flexibility index (Phi) is 19.0. The van der Waals surface area contributed by atoms with Gasteiger partial charge in [-0.15, -0.1) is 0 Å². The minimum atomic E-state index is -4.50. The van der Waals surface area contributed by atoms with E-state index in [4.69, 9.17) is 2.74 Å². The van der Waals surface area contributed by atoms with Crippen LogP contribution < -0.4 is 0 Å². The first-order valence-corrected chi connectivity index (χ1v) is 19.2. The Labute approximate surface area is 310 Å². The fourth-order valence-corrected chi connectivity index (χ4v) is 7.81. The SMILES string of the molecule is CC1CC(C(F)(F)F)CC(C(F)(F)F)C1.CC1CC(C)C(C(F)(F)F)C1.CC1CCC(C)C1C.CC1CCCC(C(F)(F)F)[C@@H]1C.[2H]C([2H])(C)C(C)(C)C. The van der Waals surface area contributed by atoms with Gasteiger partial charge in [0.2, 0.25) is 0 Å². The van der Waals surface area contributed by atoms with Crippen LogP contribution in [0.5, 0.6) is 0 Å². The number of alkyl halides is 12. The lowest BCUT2D eigenvalue weighted by Gasteiger charge is -2.35. The average Bonchev–Trinajstić information content (AvgIpc) is 3.47. The van der Waals surface area contributed by atoms with Crippen molar-refractivity contribution < 1.29 is 55.4 Å². The Bertz CT molecular complexity index is 994. The summed E-state index contributed by atoms with van der Waals surface area (Å²) in [4.78, 5) is 0. The molecule has 4 aliphatic rings. The molecule has 0 spiro atoms. The predicted octanol–water partition coefficient (Wildman–Crippen LogP) is 16.1. The van der Waals surface area contributed by atoms with Gasteiger partial charge >= 0.3 is 24.7 Å². The summed E-state index contributed by atoms with van der Waals surface area (Å²) in [5.41, 5.74) is -0.229. The van der Waals surface area contributed by atoms with Crippen LogP contribution in [-0.2, 0) is 0 Å². The molecule has 0 bridgehead atoms. The lowest BCUT2D eigenvalue weighted by molar-refractivity contribution is -0.227. The molecule has 4 saturated carbocycles. The lowest BCUT2D eigenvalue weighted by atomic mass is 9.73. The zero-order valence-electron chi connectivity index (χ0n) is 35.5. The Morgan fingerprint density at radius 1 is 0.442 bits per heavy atom. The van der Waals surface area contributed by atoms with Crippen LogP contribution in [-0.4, -0.2) is 24.7 Å². The molecule has 0 aliphatic heterocycles. The van der Waals surface area contributed by atoms with E-state index in [-0.39, 0.29) is 41.9 Å². The zero-order chi connectivity index (χ0) is 43.0. The Balaban J connectivity index is 0.000000664. The van der Waals surface area contributed by atoms with Crippen molar-refractivity contribution in [1.29, 1.82) is 0 Å². The third-order valence-electron chi connectivity index (χ3n) is 12.2. The molecular formula is C40H70F12. The van der Waals surface area contributed by atoms with Crippen molar-refractivity contribution in [2.24, 2.45) is 76.4 Å². The zero-order valence-corrected chi connectivity index (χ0v) is 33.5. The van der Waals surface area contributed by atoms with Gasteiger partial charge in [-0.05, 0) is 91.3 Å². The molecule has 10 atom stereocenters. The van der Waals surface area contributed by atoms with Crippen LogP contribution in [0.1, 0.15) is 156 Å². The summed E-state index contributed by atoms with van der Waals surface area (Å²) in [6.07, 6.45) is -13.2. The molecule has 9 unspecified atom stereocenters. The molecule has 4 fully saturated rings. The highest BCUT2D eigenvalue weighted by Crippen LogP contribution is 2.48. The van der Waals surface area contributed by atoms with Gasteiger partial charge in [-0.2, -0.15) is 52.7 Å². The Morgan fingerprint density at radius 3 is 1.04 bits per heavy atom. The molecule has 0 amide bonds. The second-order valence-electron chi connectivity index (χ2n) is 17.8. The molecule has 0 radical (unpaired) electrons. The molecule has 0 aromatic rings. The highest BCUT2D eigenvalue weighted by molar-refractivity contribution is 4.85. The molecule has 4 aliphatic carbocycles. The van der Waals surface area contributed by atoms with E-state index in [1.165, 1.54) is 19.8 Å². The van der Waals surface area contributed by atoms with Gasteiger partial charge in [-0.1, -0.05) is 115 Å². The van der Waals surface area contributed by atoms with Crippen LogP contribution in [0, 0.1) is 76.4 Å². The standard InChI is InChI=1S/C9H12F6.C9H15F3.C8H13F3.C8H16.C6H14/c1-5-2-6(8(10,11)12)4-7(3-5)9(13,14)15;1-6-4-3-5-8(7(6)2)9(10,11)12;1-5-3-6(2)7(4-5)8(9,10)11;1-6-4-5-7(2)8(6)3;1-5-6(2,3)4/h5-7H,2-4H2,1H3;6-8H,3-5H2,1-2H3;5-7H,3-4H2,1-2H3;6-8H,4-5H2,1-3H3;5H2,1-4H3/t;6?,7-,8?;;;/m.1.../s1/i;;;;5D2. The third-order valence-corrected chi connectivity index (χ3v) is 12.2. The number of hydrogen-bond donors (Lipinski definition) is 0. The molecule has 12 heteroatoms. The maximum Gasteiger partial charge on any atom is 0.392 e. The largest absolute Gasteiger partial charge is 0.392 e. The number of rotatable bonds is 0. The highest BCUT2D eigenvalue weighted by Gasteiger charge is 2.51. The molecule has 4 rings (SSSR count). The van der Waals surface area contributed by atoms with E-state index >= 15 is 0 Å². The molecule has 0 N–H and O–H groups in total. The minimum absolute atomic E-state index is 0.176. The maximum atomic E-state index is 12.4. The minimum Gasteiger partial charge on any atom is -0.171 e. The van der Waals surface area contributed by atoms with Crippen LogP contribution in [0.4, 0.5) is 52.7 Å². The normalized spacial score (nSPS) is 36.6. The smallest absolute Gasteiger partial charge is 0.171 e. The molecule has 0 saturated heterocycles. The second-order valence-corrected chi connectivity index (χ2v) is 17.8. The first-order chi connectivity index (χ1) is 23.9. The molecule has 0 nitrogen and oxygen atoms in total. The summed E-state index contributed by atoms with van der Waals surface area (Å²) in [5, 5.41) is 0. The predicted molar refractivity (Wildman–Crippen MR) is 187 cm³/mol. The first kappa shape index (κ1) is 47.3. The van der Waals surface area contributed by atoms with Crippen molar-refractivity contribution in [3.63, 3.8) is 0 Å². The van der Waals surface area contributed by atoms with E-state index < -0.39 is 67.1 Å².